The zero-order valence-corrected chi connectivity index (χ0v) is 17.1. The number of rotatable bonds is 7. The Morgan fingerprint density at radius 2 is 1.84 bits per heavy atom. The molecule has 2 aromatic carbocycles. The van der Waals surface area contributed by atoms with Crippen molar-refractivity contribution >= 4 is 17.5 Å². The summed E-state index contributed by atoms with van der Waals surface area (Å²) in [5, 5.41) is 13.5. The molecular weight excluding hydrogens is 445 g/mol. The molecule has 0 aromatic heterocycles. The molecular formula is C21H19ClF5NO3. The van der Waals surface area contributed by atoms with E-state index in [4.69, 9.17) is 16.3 Å². The van der Waals surface area contributed by atoms with Crippen molar-refractivity contribution in [2.75, 3.05) is 6.61 Å². The molecule has 2 N–H and O–H groups in total. The maximum absolute atomic E-state index is 13.5. The summed E-state index contributed by atoms with van der Waals surface area (Å²) in [6.45, 7) is -0.190. The first-order valence-electron chi connectivity index (χ1n) is 9.29. The third kappa shape index (κ3) is 5.86. The molecule has 0 radical (unpaired) electrons. The molecule has 0 bridgehead atoms. The lowest BCUT2D eigenvalue weighted by molar-refractivity contribution is -0.153. The van der Waals surface area contributed by atoms with Crippen LogP contribution >= 0.6 is 11.6 Å². The second kappa shape index (κ2) is 8.27. The van der Waals surface area contributed by atoms with Crippen molar-refractivity contribution in [1.82, 2.24) is 5.32 Å². The van der Waals surface area contributed by atoms with Crippen molar-refractivity contribution in [2.24, 2.45) is 0 Å². The first-order valence-corrected chi connectivity index (χ1v) is 9.67. The van der Waals surface area contributed by atoms with Gasteiger partial charge in [-0.1, -0.05) is 17.7 Å². The van der Waals surface area contributed by atoms with Crippen LogP contribution in [0.1, 0.15) is 37.3 Å². The van der Waals surface area contributed by atoms with Gasteiger partial charge in [-0.3, -0.25) is 4.79 Å². The number of carbonyl (C=O) groups excluding carboxylic acids is 1. The largest absolute Gasteiger partial charge is 0.484 e. The summed E-state index contributed by atoms with van der Waals surface area (Å²) < 4.78 is 68.6. The number of alkyl halides is 3. The lowest BCUT2D eigenvalue weighted by Crippen LogP contribution is -2.39. The highest BCUT2D eigenvalue weighted by Crippen LogP contribution is 2.47. The highest BCUT2D eigenvalue weighted by atomic mass is 35.5. The molecule has 1 aliphatic carbocycles. The Labute approximate surface area is 180 Å². The van der Waals surface area contributed by atoms with Crippen LogP contribution in [0.2, 0.25) is 5.02 Å². The van der Waals surface area contributed by atoms with E-state index in [0.29, 0.717) is 18.4 Å². The molecule has 31 heavy (non-hydrogen) atoms. The van der Waals surface area contributed by atoms with E-state index in [0.717, 1.165) is 12.1 Å². The van der Waals surface area contributed by atoms with Crippen LogP contribution in [-0.4, -0.2) is 23.8 Å². The van der Waals surface area contributed by atoms with E-state index < -0.39 is 47.9 Å². The third-order valence-corrected chi connectivity index (χ3v) is 5.22. The topological polar surface area (TPSA) is 58.6 Å². The maximum Gasteiger partial charge on any atom is 0.422 e. The lowest BCUT2D eigenvalue weighted by atomic mass is 9.91. The molecule has 10 heteroatoms. The third-order valence-electron chi connectivity index (χ3n) is 5.00. The summed E-state index contributed by atoms with van der Waals surface area (Å²) >= 11 is 6.00. The predicted octanol–water partition coefficient (Wildman–Crippen LogP) is 4.96. The highest BCUT2D eigenvalue weighted by molar-refractivity contribution is 6.30. The first kappa shape index (κ1) is 23.3. The monoisotopic (exact) mass is 463 g/mol. The SMILES string of the molecule is CC(O)(CC(=O)NC1(c2cc(Cl)cc(OCC(F)(F)F)c2)CC1)c1ccc(F)c(F)c1. The molecule has 2 aromatic rings. The minimum absolute atomic E-state index is 0.0250. The first-order chi connectivity index (χ1) is 14.3. The van der Waals surface area contributed by atoms with Gasteiger partial charge in [0.05, 0.1) is 17.6 Å². The van der Waals surface area contributed by atoms with Crippen molar-refractivity contribution in [3.05, 3.63) is 64.2 Å². The Morgan fingerprint density at radius 3 is 2.42 bits per heavy atom. The van der Waals surface area contributed by atoms with E-state index in [9.17, 15) is 31.9 Å². The van der Waals surface area contributed by atoms with Gasteiger partial charge in [0, 0.05) is 5.02 Å². The van der Waals surface area contributed by atoms with Gasteiger partial charge in [-0.05, 0) is 61.2 Å². The molecule has 0 spiro atoms. The molecule has 0 heterocycles. The van der Waals surface area contributed by atoms with Crippen molar-refractivity contribution in [1.29, 1.82) is 0 Å². The maximum atomic E-state index is 13.5. The molecule has 1 aliphatic rings. The normalized spacial score (nSPS) is 17.0. The summed E-state index contributed by atoms with van der Waals surface area (Å²) in [4.78, 5) is 12.6. The van der Waals surface area contributed by atoms with Gasteiger partial charge in [0.25, 0.3) is 0 Å². The highest BCUT2D eigenvalue weighted by Gasteiger charge is 2.47. The second-order valence-electron chi connectivity index (χ2n) is 7.79. The Balaban J connectivity index is 1.72. The lowest BCUT2D eigenvalue weighted by Gasteiger charge is -2.26. The average molecular weight is 464 g/mol. The summed E-state index contributed by atoms with van der Waals surface area (Å²) in [5.74, 6) is -2.90. The molecule has 1 saturated carbocycles. The number of hydrogen-bond donors (Lipinski definition) is 2. The van der Waals surface area contributed by atoms with Gasteiger partial charge in [-0.25, -0.2) is 8.78 Å². The summed E-state index contributed by atoms with van der Waals surface area (Å²) in [6, 6.07) is 6.98. The van der Waals surface area contributed by atoms with Crippen molar-refractivity contribution in [3.8, 4) is 5.75 Å². The van der Waals surface area contributed by atoms with Crippen LogP contribution < -0.4 is 10.1 Å². The fourth-order valence-corrected chi connectivity index (χ4v) is 3.48. The number of carbonyl (C=O) groups is 1. The molecule has 0 aliphatic heterocycles. The number of ether oxygens (including phenoxy) is 1. The van der Waals surface area contributed by atoms with Crippen LogP contribution in [0.15, 0.2) is 36.4 Å². The average Bonchev–Trinajstić information content (AvgIpc) is 3.41. The van der Waals surface area contributed by atoms with Crippen molar-refractivity contribution in [2.45, 2.75) is 43.5 Å². The van der Waals surface area contributed by atoms with E-state index in [1.54, 1.807) is 0 Å². The number of benzene rings is 2. The minimum Gasteiger partial charge on any atom is -0.484 e. The molecule has 168 valence electrons. The van der Waals surface area contributed by atoms with Crippen LogP contribution in [0.25, 0.3) is 0 Å². The van der Waals surface area contributed by atoms with Gasteiger partial charge in [0.1, 0.15) is 5.75 Å². The smallest absolute Gasteiger partial charge is 0.422 e. The van der Waals surface area contributed by atoms with Gasteiger partial charge in [-0.2, -0.15) is 13.2 Å². The van der Waals surface area contributed by atoms with E-state index in [2.05, 4.69) is 5.32 Å². The zero-order chi connectivity index (χ0) is 23.0. The molecule has 1 unspecified atom stereocenters. The van der Waals surface area contributed by atoms with Crippen molar-refractivity contribution in [3.63, 3.8) is 0 Å². The zero-order valence-electron chi connectivity index (χ0n) is 16.3. The number of nitrogens with one attached hydrogen (secondary N) is 1. The fourth-order valence-electron chi connectivity index (χ4n) is 3.26. The Bertz CT molecular complexity index is 989. The van der Waals surface area contributed by atoms with Crippen LogP contribution in [-0.2, 0) is 15.9 Å². The van der Waals surface area contributed by atoms with Gasteiger partial charge in [0.2, 0.25) is 5.91 Å². The van der Waals surface area contributed by atoms with E-state index in [1.165, 1.54) is 31.2 Å². The fraction of sp³-hybridized carbons (Fsp3) is 0.381. The van der Waals surface area contributed by atoms with Crippen LogP contribution in [0.3, 0.4) is 0 Å². The van der Waals surface area contributed by atoms with Crippen LogP contribution in [0.5, 0.6) is 5.75 Å². The van der Waals surface area contributed by atoms with Gasteiger partial charge in [-0.15, -0.1) is 0 Å². The number of hydrogen-bond acceptors (Lipinski definition) is 3. The predicted molar refractivity (Wildman–Crippen MR) is 103 cm³/mol. The minimum atomic E-state index is -4.51. The summed E-state index contributed by atoms with van der Waals surface area (Å²) in [5.41, 5.74) is -2.14. The van der Waals surface area contributed by atoms with Gasteiger partial charge in [0.15, 0.2) is 18.2 Å². The Kier molecular flexibility index (Phi) is 6.21. The van der Waals surface area contributed by atoms with E-state index in [-0.39, 0.29) is 16.3 Å². The number of aliphatic hydroxyl groups is 1. The number of amides is 1. The van der Waals surface area contributed by atoms with E-state index in [1.807, 2.05) is 0 Å². The molecule has 1 fully saturated rings. The van der Waals surface area contributed by atoms with E-state index >= 15 is 0 Å². The quantitative estimate of drug-likeness (QED) is 0.570. The van der Waals surface area contributed by atoms with Crippen LogP contribution in [0, 0.1) is 11.6 Å². The Hall–Kier alpha value is -2.39. The summed E-state index contributed by atoms with van der Waals surface area (Å²) in [7, 11) is 0. The molecule has 0 saturated heterocycles. The van der Waals surface area contributed by atoms with Crippen LogP contribution in [0.4, 0.5) is 22.0 Å². The standard InChI is InChI=1S/C21H19ClF5NO3/c1-19(30,12-2-3-16(23)17(24)8-12)10-18(29)28-20(4-5-20)13-6-14(22)9-15(7-13)31-11-21(25,26)27/h2-3,6-9,30H,4-5,10-11H2,1H3,(H,28,29). The molecule has 1 atom stereocenters. The molecule has 3 rings (SSSR count). The second-order valence-corrected chi connectivity index (χ2v) is 8.23. The summed E-state index contributed by atoms with van der Waals surface area (Å²) in [6.07, 6.45) is -3.95. The van der Waals surface area contributed by atoms with Crippen molar-refractivity contribution < 1.29 is 36.6 Å². The molecule has 4 nitrogen and oxygen atoms in total. The molecule has 1 amide bonds. The number of halogens is 6. The van der Waals surface area contributed by atoms with Gasteiger partial charge < -0.3 is 15.2 Å². The Morgan fingerprint density at radius 1 is 1.16 bits per heavy atom. The van der Waals surface area contributed by atoms with Gasteiger partial charge >= 0.3 is 6.18 Å².